The molecule has 4 rings (SSSR count). The number of nitrogens with one attached hydrogen (secondary N) is 2. The van der Waals surface area contributed by atoms with Gasteiger partial charge in [0.2, 0.25) is 5.91 Å². The van der Waals surface area contributed by atoms with Gasteiger partial charge in [-0.05, 0) is 29.8 Å². The largest absolute Gasteiger partial charge is 0.359 e. The van der Waals surface area contributed by atoms with Crippen molar-refractivity contribution < 1.29 is 23.7 Å². The Bertz CT molecular complexity index is 1220. The first kappa shape index (κ1) is 21.9. The summed E-state index contributed by atoms with van der Waals surface area (Å²) in [7, 11) is 0. The Kier molecular flexibility index (Phi) is 5.55. The molecule has 9 heteroatoms. The molecular formula is C24H22N4O5. The van der Waals surface area contributed by atoms with Gasteiger partial charge in [0.25, 0.3) is 11.8 Å². The summed E-state index contributed by atoms with van der Waals surface area (Å²) in [4.78, 5) is 50.2. The summed E-state index contributed by atoms with van der Waals surface area (Å²) in [6.45, 7) is 5.94. The number of fused-ring (bicyclic) bond motifs is 1. The fourth-order valence-electron chi connectivity index (χ4n) is 3.32. The number of rotatable bonds is 4. The molecule has 1 aliphatic heterocycles. The average Bonchev–Trinajstić information content (AvgIpc) is 3.33. The zero-order valence-corrected chi connectivity index (χ0v) is 18.3. The van der Waals surface area contributed by atoms with Crippen LogP contribution in [-0.4, -0.2) is 33.8 Å². The lowest BCUT2D eigenvalue weighted by atomic mass is 9.93. The normalized spacial score (nSPS) is 13.1. The zero-order chi connectivity index (χ0) is 23.8. The molecule has 0 radical (unpaired) electrons. The molecule has 2 N–H and O–H groups in total. The second kappa shape index (κ2) is 8.34. The number of aromatic nitrogens is 1. The minimum atomic E-state index is -0.840. The Morgan fingerprint density at radius 2 is 1.55 bits per heavy atom. The summed E-state index contributed by atoms with van der Waals surface area (Å²) in [5, 5.41) is 9.09. The van der Waals surface area contributed by atoms with Gasteiger partial charge in [-0.15, -0.1) is 0 Å². The van der Waals surface area contributed by atoms with E-state index < -0.39 is 17.8 Å². The van der Waals surface area contributed by atoms with Crippen LogP contribution in [0, 0.1) is 0 Å². The van der Waals surface area contributed by atoms with Gasteiger partial charge in [0.15, 0.2) is 5.82 Å². The van der Waals surface area contributed by atoms with Gasteiger partial charge < -0.3 is 15.2 Å². The molecule has 3 aromatic rings. The number of amides is 5. The molecular weight excluding hydrogens is 424 g/mol. The lowest BCUT2D eigenvalue weighted by Gasteiger charge is -2.13. The van der Waals surface area contributed by atoms with Crippen molar-refractivity contribution in [2.45, 2.75) is 32.6 Å². The van der Waals surface area contributed by atoms with Gasteiger partial charge in [-0.25, -0.2) is 4.79 Å². The van der Waals surface area contributed by atoms with E-state index in [-0.39, 0.29) is 28.9 Å². The fraction of sp³-hybridized carbons (Fsp3) is 0.208. The molecule has 1 aliphatic rings. The highest BCUT2D eigenvalue weighted by Crippen LogP contribution is 2.25. The Hall–Kier alpha value is -4.27. The van der Waals surface area contributed by atoms with Crippen LogP contribution < -0.4 is 10.6 Å². The highest BCUT2D eigenvalue weighted by molar-refractivity contribution is 6.30. The van der Waals surface area contributed by atoms with Gasteiger partial charge in [-0.1, -0.05) is 50.2 Å². The molecule has 0 unspecified atom stereocenters. The number of imide groups is 3. The summed E-state index contributed by atoms with van der Waals surface area (Å²) < 4.78 is 5.25. The van der Waals surface area contributed by atoms with E-state index >= 15 is 0 Å². The second-order valence-electron chi connectivity index (χ2n) is 8.67. The van der Waals surface area contributed by atoms with Crippen molar-refractivity contribution in [2.24, 2.45) is 0 Å². The lowest BCUT2D eigenvalue weighted by Crippen LogP contribution is -2.39. The number of hydrogen-bond donors (Lipinski definition) is 2. The fourth-order valence-corrected chi connectivity index (χ4v) is 3.32. The standard InChI is InChI=1S/C24H22N4O5/c1-24(2,3)18-13-19(27-33-18)26-20(29)12-14-8-10-15(11-9-14)25-23(32)28-21(30)16-6-4-5-7-17(16)22(28)31/h4-11,13H,12H2,1-3H3,(H,25,32)(H,26,27,29). The first-order valence-corrected chi connectivity index (χ1v) is 10.3. The van der Waals surface area contributed by atoms with Crippen LogP contribution in [0.25, 0.3) is 0 Å². The SMILES string of the molecule is CC(C)(C)c1cc(NC(=O)Cc2ccc(NC(=O)N3C(=O)c4ccccc4C3=O)cc2)no1. The summed E-state index contributed by atoms with van der Waals surface area (Å²) in [5.74, 6) is -0.593. The summed E-state index contributed by atoms with van der Waals surface area (Å²) >= 11 is 0. The van der Waals surface area contributed by atoms with Gasteiger partial charge in [0, 0.05) is 17.2 Å². The molecule has 2 aromatic carbocycles. The molecule has 2 heterocycles. The number of hydrogen-bond acceptors (Lipinski definition) is 6. The molecule has 0 aliphatic carbocycles. The maximum absolute atomic E-state index is 12.5. The van der Waals surface area contributed by atoms with E-state index in [1.54, 1.807) is 42.5 Å². The number of carbonyl (C=O) groups excluding carboxylic acids is 4. The third kappa shape index (κ3) is 4.52. The van der Waals surface area contributed by atoms with E-state index in [2.05, 4.69) is 15.8 Å². The van der Waals surface area contributed by atoms with Crippen LogP contribution in [0.5, 0.6) is 0 Å². The maximum atomic E-state index is 12.5. The topological polar surface area (TPSA) is 122 Å². The Balaban J connectivity index is 1.35. The van der Waals surface area contributed by atoms with Crippen LogP contribution in [0.3, 0.4) is 0 Å². The van der Waals surface area contributed by atoms with E-state index in [4.69, 9.17) is 4.52 Å². The van der Waals surface area contributed by atoms with Gasteiger partial charge in [-0.3, -0.25) is 14.4 Å². The van der Waals surface area contributed by atoms with Crippen LogP contribution in [-0.2, 0) is 16.6 Å². The molecule has 0 fully saturated rings. The van der Waals surface area contributed by atoms with E-state index in [0.29, 0.717) is 27.7 Å². The molecule has 0 saturated heterocycles. The van der Waals surface area contributed by atoms with Crippen LogP contribution >= 0.6 is 0 Å². The molecule has 168 valence electrons. The molecule has 5 amide bonds. The number of anilines is 2. The highest BCUT2D eigenvalue weighted by atomic mass is 16.5. The number of carbonyl (C=O) groups is 4. The first-order valence-electron chi connectivity index (χ1n) is 10.3. The molecule has 33 heavy (non-hydrogen) atoms. The molecule has 0 saturated carbocycles. The molecule has 0 bridgehead atoms. The minimum absolute atomic E-state index is 0.0876. The number of benzene rings is 2. The average molecular weight is 446 g/mol. The van der Waals surface area contributed by atoms with Crippen molar-refractivity contribution in [2.75, 3.05) is 10.6 Å². The summed E-state index contributed by atoms with van der Waals surface area (Å²) in [6.07, 6.45) is 0.0876. The predicted molar refractivity (Wildman–Crippen MR) is 120 cm³/mol. The minimum Gasteiger partial charge on any atom is -0.359 e. The summed E-state index contributed by atoms with van der Waals surface area (Å²) in [6, 6.07) is 13.6. The molecule has 9 nitrogen and oxygen atoms in total. The smallest absolute Gasteiger partial charge is 0.336 e. The molecule has 0 spiro atoms. The predicted octanol–water partition coefficient (Wildman–Crippen LogP) is 3.98. The zero-order valence-electron chi connectivity index (χ0n) is 18.3. The van der Waals surface area contributed by atoms with E-state index in [0.717, 1.165) is 0 Å². The van der Waals surface area contributed by atoms with Crippen LogP contribution in [0.1, 0.15) is 52.8 Å². The molecule has 0 atom stereocenters. The van der Waals surface area contributed by atoms with Crippen LogP contribution in [0.2, 0.25) is 0 Å². The van der Waals surface area contributed by atoms with Crippen molar-refractivity contribution in [3.63, 3.8) is 0 Å². The van der Waals surface area contributed by atoms with Crippen LogP contribution in [0.4, 0.5) is 16.3 Å². The lowest BCUT2D eigenvalue weighted by molar-refractivity contribution is -0.115. The van der Waals surface area contributed by atoms with Crippen molar-refractivity contribution in [3.05, 3.63) is 77.0 Å². The van der Waals surface area contributed by atoms with Gasteiger partial charge in [0.05, 0.1) is 17.5 Å². The number of nitrogens with zero attached hydrogens (tertiary/aromatic N) is 2. The third-order valence-corrected chi connectivity index (χ3v) is 5.08. The highest BCUT2D eigenvalue weighted by Gasteiger charge is 2.39. The first-order chi connectivity index (χ1) is 15.6. The maximum Gasteiger partial charge on any atom is 0.336 e. The van der Waals surface area contributed by atoms with Gasteiger partial charge in [-0.2, -0.15) is 4.90 Å². The second-order valence-corrected chi connectivity index (χ2v) is 8.67. The van der Waals surface area contributed by atoms with Crippen molar-refractivity contribution in [3.8, 4) is 0 Å². The van der Waals surface area contributed by atoms with Gasteiger partial charge >= 0.3 is 6.03 Å². The van der Waals surface area contributed by atoms with Crippen molar-refractivity contribution in [1.29, 1.82) is 0 Å². The molecule has 1 aromatic heterocycles. The van der Waals surface area contributed by atoms with Gasteiger partial charge in [0.1, 0.15) is 5.76 Å². The van der Waals surface area contributed by atoms with Crippen molar-refractivity contribution in [1.82, 2.24) is 10.1 Å². The van der Waals surface area contributed by atoms with E-state index in [1.807, 2.05) is 20.8 Å². The van der Waals surface area contributed by atoms with E-state index in [9.17, 15) is 19.2 Å². The Morgan fingerprint density at radius 3 is 2.09 bits per heavy atom. The third-order valence-electron chi connectivity index (χ3n) is 5.08. The van der Waals surface area contributed by atoms with Crippen molar-refractivity contribution >= 4 is 35.3 Å². The monoisotopic (exact) mass is 446 g/mol. The number of urea groups is 1. The van der Waals surface area contributed by atoms with Crippen LogP contribution in [0.15, 0.2) is 59.1 Å². The quantitative estimate of drug-likeness (QED) is 0.585. The van der Waals surface area contributed by atoms with E-state index in [1.165, 1.54) is 12.1 Å². The Labute approximate surface area is 189 Å². The summed E-state index contributed by atoms with van der Waals surface area (Å²) in [5.41, 5.74) is 1.25. The Morgan fingerprint density at radius 1 is 0.939 bits per heavy atom.